The zero-order chi connectivity index (χ0) is 15.2. The van der Waals surface area contributed by atoms with E-state index in [9.17, 15) is 0 Å². The molecule has 114 valence electrons. The first-order chi connectivity index (χ1) is 9.35. The Labute approximate surface area is 122 Å². The van der Waals surface area contributed by atoms with Crippen molar-refractivity contribution in [2.45, 2.75) is 39.3 Å². The topological polar surface area (TPSA) is 39.7 Å². The second-order valence-corrected chi connectivity index (χ2v) is 5.98. The van der Waals surface area contributed by atoms with Crippen LogP contribution in [-0.4, -0.2) is 39.0 Å². The van der Waals surface area contributed by atoms with Crippen LogP contribution in [-0.2, 0) is 4.74 Å². The van der Waals surface area contributed by atoms with E-state index in [2.05, 4.69) is 26.1 Å². The van der Waals surface area contributed by atoms with Gasteiger partial charge in [0.2, 0.25) is 0 Å². The predicted molar refractivity (Wildman–Crippen MR) is 81.8 cm³/mol. The van der Waals surface area contributed by atoms with E-state index in [1.165, 1.54) is 0 Å². The first-order valence-corrected chi connectivity index (χ1v) is 6.91. The lowest BCUT2D eigenvalue weighted by atomic mass is 10.1. The summed E-state index contributed by atoms with van der Waals surface area (Å²) in [7, 11) is 3.33. The van der Waals surface area contributed by atoms with E-state index in [4.69, 9.17) is 14.2 Å². The Balaban J connectivity index is 2.74. The maximum Gasteiger partial charge on any atom is 0.161 e. The van der Waals surface area contributed by atoms with Crippen molar-refractivity contribution in [3.63, 3.8) is 0 Å². The Hall–Kier alpha value is -1.26. The van der Waals surface area contributed by atoms with Crippen LogP contribution in [0.1, 0.15) is 26.3 Å². The average Bonchev–Trinajstić information content (AvgIpc) is 2.37. The molecule has 1 aromatic carbocycles. The van der Waals surface area contributed by atoms with Gasteiger partial charge in [-0.3, -0.25) is 0 Å². The van der Waals surface area contributed by atoms with E-state index in [0.29, 0.717) is 13.2 Å². The molecule has 0 saturated carbocycles. The summed E-state index contributed by atoms with van der Waals surface area (Å²) in [5.41, 5.74) is 1.19. The van der Waals surface area contributed by atoms with Gasteiger partial charge in [0.25, 0.3) is 0 Å². The van der Waals surface area contributed by atoms with E-state index in [1.807, 2.05) is 25.1 Å². The van der Waals surface area contributed by atoms with Gasteiger partial charge in [0.05, 0.1) is 13.7 Å². The highest BCUT2D eigenvalue weighted by Gasteiger charge is 2.17. The third-order valence-electron chi connectivity index (χ3n) is 2.83. The average molecular weight is 281 g/mol. The molecule has 0 aliphatic heterocycles. The Morgan fingerprint density at radius 3 is 2.40 bits per heavy atom. The first kappa shape index (κ1) is 16.8. The van der Waals surface area contributed by atoms with E-state index in [1.54, 1.807) is 14.2 Å². The first-order valence-electron chi connectivity index (χ1n) is 6.91. The number of hydrogen-bond acceptors (Lipinski definition) is 4. The minimum atomic E-state index is -0.0594. The van der Waals surface area contributed by atoms with Gasteiger partial charge in [-0.15, -0.1) is 0 Å². The zero-order valence-electron chi connectivity index (χ0n) is 13.4. The standard InChI is InChI=1S/C16H27NO3/c1-12-7-8-14(15(9-12)19-6)20-13(11-18-5)10-17-16(2,3)4/h7-9,13,17H,10-11H2,1-6H3. The van der Waals surface area contributed by atoms with Crippen molar-refractivity contribution in [1.82, 2.24) is 5.32 Å². The zero-order valence-corrected chi connectivity index (χ0v) is 13.4. The Kier molecular flexibility index (Phi) is 6.30. The Bertz CT molecular complexity index is 413. The van der Waals surface area contributed by atoms with Crippen LogP contribution >= 0.6 is 0 Å². The van der Waals surface area contributed by atoms with Gasteiger partial charge in [0, 0.05) is 19.2 Å². The van der Waals surface area contributed by atoms with E-state index in [0.717, 1.165) is 17.1 Å². The number of benzene rings is 1. The van der Waals surface area contributed by atoms with Crippen LogP contribution < -0.4 is 14.8 Å². The Morgan fingerprint density at radius 1 is 1.15 bits per heavy atom. The molecule has 0 aromatic heterocycles. The number of hydrogen-bond donors (Lipinski definition) is 1. The van der Waals surface area contributed by atoms with Gasteiger partial charge in [0.1, 0.15) is 6.10 Å². The largest absolute Gasteiger partial charge is 0.493 e. The molecule has 0 radical (unpaired) electrons. The molecule has 1 N–H and O–H groups in total. The third-order valence-corrected chi connectivity index (χ3v) is 2.83. The predicted octanol–water partition coefficient (Wildman–Crippen LogP) is 2.79. The summed E-state index contributed by atoms with van der Waals surface area (Å²) in [6, 6.07) is 5.92. The molecule has 0 aliphatic carbocycles. The summed E-state index contributed by atoms with van der Waals surface area (Å²) < 4.78 is 16.6. The molecule has 1 unspecified atom stereocenters. The summed E-state index contributed by atoms with van der Waals surface area (Å²) in [5.74, 6) is 1.50. The van der Waals surface area contributed by atoms with E-state index >= 15 is 0 Å². The molecule has 0 bridgehead atoms. The maximum atomic E-state index is 6.01. The van der Waals surface area contributed by atoms with Crippen LogP contribution in [0, 0.1) is 6.92 Å². The molecule has 1 rings (SSSR count). The number of methoxy groups -OCH3 is 2. The highest BCUT2D eigenvalue weighted by Crippen LogP contribution is 2.28. The van der Waals surface area contributed by atoms with Crippen LogP contribution in [0.3, 0.4) is 0 Å². The second kappa shape index (κ2) is 7.50. The van der Waals surface area contributed by atoms with Gasteiger partial charge in [-0.1, -0.05) is 6.07 Å². The van der Waals surface area contributed by atoms with Crippen LogP contribution in [0.2, 0.25) is 0 Å². The number of nitrogens with one attached hydrogen (secondary N) is 1. The van der Waals surface area contributed by atoms with Crippen LogP contribution in [0.25, 0.3) is 0 Å². The maximum absolute atomic E-state index is 6.01. The second-order valence-electron chi connectivity index (χ2n) is 5.98. The van der Waals surface area contributed by atoms with Crippen LogP contribution in [0.5, 0.6) is 11.5 Å². The van der Waals surface area contributed by atoms with Crippen molar-refractivity contribution in [3.05, 3.63) is 23.8 Å². The number of rotatable bonds is 7. The van der Waals surface area contributed by atoms with Crippen LogP contribution in [0.15, 0.2) is 18.2 Å². The fourth-order valence-electron chi connectivity index (χ4n) is 1.79. The van der Waals surface area contributed by atoms with Gasteiger partial charge in [-0.2, -0.15) is 0 Å². The summed E-state index contributed by atoms with van der Waals surface area (Å²) in [5, 5.41) is 3.43. The number of ether oxygens (including phenoxy) is 3. The van der Waals surface area contributed by atoms with E-state index < -0.39 is 0 Å². The summed E-state index contributed by atoms with van der Waals surface area (Å²) in [6.07, 6.45) is -0.0594. The van der Waals surface area contributed by atoms with Gasteiger partial charge >= 0.3 is 0 Å². The van der Waals surface area contributed by atoms with Crippen LogP contribution in [0.4, 0.5) is 0 Å². The summed E-state index contributed by atoms with van der Waals surface area (Å²) in [6.45, 7) is 9.66. The van der Waals surface area contributed by atoms with Crippen molar-refractivity contribution < 1.29 is 14.2 Å². The molecule has 0 heterocycles. The molecule has 4 heteroatoms. The van der Waals surface area contributed by atoms with E-state index in [-0.39, 0.29) is 11.6 Å². The molecular formula is C16H27NO3. The van der Waals surface area contributed by atoms with Gasteiger partial charge in [-0.25, -0.2) is 0 Å². The molecule has 0 amide bonds. The normalized spacial score (nSPS) is 13.1. The lowest BCUT2D eigenvalue weighted by molar-refractivity contribution is 0.0745. The highest BCUT2D eigenvalue weighted by atomic mass is 16.5. The van der Waals surface area contributed by atoms with Gasteiger partial charge in [0.15, 0.2) is 11.5 Å². The molecule has 0 spiro atoms. The van der Waals surface area contributed by atoms with Crippen molar-refractivity contribution in [3.8, 4) is 11.5 Å². The minimum Gasteiger partial charge on any atom is -0.493 e. The quantitative estimate of drug-likeness (QED) is 0.834. The SMILES string of the molecule is COCC(CNC(C)(C)C)Oc1ccc(C)cc1OC. The molecule has 20 heavy (non-hydrogen) atoms. The smallest absolute Gasteiger partial charge is 0.161 e. The molecular weight excluding hydrogens is 254 g/mol. The van der Waals surface area contributed by atoms with Gasteiger partial charge in [-0.05, 0) is 45.4 Å². The fourth-order valence-corrected chi connectivity index (χ4v) is 1.79. The van der Waals surface area contributed by atoms with Crippen molar-refractivity contribution in [1.29, 1.82) is 0 Å². The molecule has 0 aliphatic rings. The molecule has 1 atom stereocenters. The summed E-state index contributed by atoms with van der Waals surface area (Å²) in [4.78, 5) is 0. The highest BCUT2D eigenvalue weighted by molar-refractivity contribution is 5.42. The minimum absolute atomic E-state index is 0.0483. The molecule has 1 aromatic rings. The fraction of sp³-hybridized carbons (Fsp3) is 0.625. The third kappa shape index (κ3) is 5.80. The summed E-state index contributed by atoms with van der Waals surface area (Å²) >= 11 is 0. The molecule has 0 saturated heterocycles. The van der Waals surface area contributed by atoms with Crippen molar-refractivity contribution in [2.75, 3.05) is 27.4 Å². The lowest BCUT2D eigenvalue weighted by Crippen LogP contribution is -2.44. The Morgan fingerprint density at radius 2 is 1.85 bits per heavy atom. The monoisotopic (exact) mass is 281 g/mol. The molecule has 4 nitrogen and oxygen atoms in total. The lowest BCUT2D eigenvalue weighted by Gasteiger charge is -2.26. The number of aryl methyl sites for hydroxylation is 1. The van der Waals surface area contributed by atoms with Gasteiger partial charge < -0.3 is 19.5 Å². The molecule has 0 fully saturated rings. The van der Waals surface area contributed by atoms with Crippen molar-refractivity contribution >= 4 is 0 Å². The van der Waals surface area contributed by atoms with Crippen molar-refractivity contribution in [2.24, 2.45) is 0 Å².